The second-order valence-corrected chi connectivity index (χ2v) is 4.95. The van der Waals surface area contributed by atoms with Crippen molar-refractivity contribution in [2.45, 2.75) is 71.3 Å². The maximum atomic E-state index is 3.63. The number of rotatable bonds is 6. The molecule has 1 heteroatoms. The van der Waals surface area contributed by atoms with Crippen LogP contribution in [0.4, 0.5) is 0 Å². The minimum Gasteiger partial charge on any atom is -0.314 e. The Morgan fingerprint density at radius 2 is 1.93 bits per heavy atom. The molecule has 0 saturated heterocycles. The van der Waals surface area contributed by atoms with Crippen LogP contribution >= 0.6 is 0 Å². The second kappa shape index (κ2) is 7.28. The van der Waals surface area contributed by atoms with Gasteiger partial charge in [0.2, 0.25) is 0 Å². The van der Waals surface area contributed by atoms with Crippen molar-refractivity contribution in [1.82, 2.24) is 5.32 Å². The summed E-state index contributed by atoms with van der Waals surface area (Å²) in [5, 5.41) is 3.63. The van der Waals surface area contributed by atoms with Crippen molar-refractivity contribution in [2.24, 2.45) is 5.92 Å². The van der Waals surface area contributed by atoms with Crippen molar-refractivity contribution in [2.75, 3.05) is 6.54 Å². The van der Waals surface area contributed by atoms with Crippen LogP contribution in [0.2, 0.25) is 0 Å². The SMILES string of the molecule is CCCCNC(C)CC1CCCCC1. The molecule has 0 spiro atoms. The Bertz CT molecular complexity index is 127. The summed E-state index contributed by atoms with van der Waals surface area (Å²) in [4.78, 5) is 0. The molecule has 1 saturated carbocycles. The summed E-state index contributed by atoms with van der Waals surface area (Å²) in [6.45, 7) is 5.82. The lowest BCUT2D eigenvalue weighted by Crippen LogP contribution is -2.29. The van der Waals surface area contributed by atoms with Gasteiger partial charge in [0.1, 0.15) is 0 Å². The molecule has 0 aromatic heterocycles. The van der Waals surface area contributed by atoms with E-state index in [-0.39, 0.29) is 0 Å². The van der Waals surface area contributed by atoms with Gasteiger partial charge in [0.25, 0.3) is 0 Å². The van der Waals surface area contributed by atoms with Crippen LogP contribution in [-0.4, -0.2) is 12.6 Å². The molecule has 0 aliphatic heterocycles. The predicted molar refractivity (Wildman–Crippen MR) is 63.6 cm³/mol. The molecule has 0 heterocycles. The Hall–Kier alpha value is -0.0400. The molecule has 84 valence electrons. The highest BCUT2D eigenvalue weighted by atomic mass is 14.9. The van der Waals surface area contributed by atoms with Crippen LogP contribution in [0.15, 0.2) is 0 Å². The van der Waals surface area contributed by atoms with Crippen molar-refractivity contribution in [3.63, 3.8) is 0 Å². The Labute approximate surface area is 89.7 Å². The summed E-state index contributed by atoms with van der Waals surface area (Å²) in [6.07, 6.45) is 11.5. The summed E-state index contributed by atoms with van der Waals surface area (Å²) in [6, 6.07) is 0.740. The fourth-order valence-electron chi connectivity index (χ4n) is 2.53. The van der Waals surface area contributed by atoms with E-state index in [1.165, 1.54) is 57.9 Å². The smallest absolute Gasteiger partial charge is 0.00413 e. The molecule has 1 nitrogen and oxygen atoms in total. The van der Waals surface area contributed by atoms with Crippen LogP contribution in [-0.2, 0) is 0 Å². The fourth-order valence-corrected chi connectivity index (χ4v) is 2.53. The first kappa shape index (κ1) is 12.0. The third-order valence-electron chi connectivity index (χ3n) is 3.43. The molecular formula is C13H27N. The van der Waals surface area contributed by atoms with Gasteiger partial charge in [0.15, 0.2) is 0 Å². The first-order chi connectivity index (χ1) is 6.83. The molecule has 1 aliphatic rings. The number of unbranched alkanes of at least 4 members (excludes halogenated alkanes) is 1. The van der Waals surface area contributed by atoms with E-state index in [4.69, 9.17) is 0 Å². The van der Waals surface area contributed by atoms with Crippen LogP contribution in [0.25, 0.3) is 0 Å². The van der Waals surface area contributed by atoms with Gasteiger partial charge in [-0.25, -0.2) is 0 Å². The first-order valence-corrected chi connectivity index (χ1v) is 6.56. The number of hydrogen-bond donors (Lipinski definition) is 1. The number of hydrogen-bond acceptors (Lipinski definition) is 1. The predicted octanol–water partition coefficient (Wildman–Crippen LogP) is 3.74. The molecule has 1 aliphatic carbocycles. The molecule has 0 bridgehead atoms. The Balaban J connectivity index is 2.03. The van der Waals surface area contributed by atoms with Crippen molar-refractivity contribution >= 4 is 0 Å². The Morgan fingerprint density at radius 1 is 1.21 bits per heavy atom. The molecule has 0 radical (unpaired) electrons. The molecular weight excluding hydrogens is 170 g/mol. The average molecular weight is 197 g/mol. The van der Waals surface area contributed by atoms with Gasteiger partial charge in [0, 0.05) is 6.04 Å². The van der Waals surface area contributed by atoms with Crippen molar-refractivity contribution in [3.05, 3.63) is 0 Å². The normalized spacial score (nSPS) is 21.0. The standard InChI is InChI=1S/C13H27N/c1-3-4-10-14-12(2)11-13-8-6-5-7-9-13/h12-14H,3-11H2,1-2H3. The van der Waals surface area contributed by atoms with Gasteiger partial charge >= 0.3 is 0 Å². The summed E-state index contributed by atoms with van der Waals surface area (Å²) >= 11 is 0. The summed E-state index contributed by atoms with van der Waals surface area (Å²) < 4.78 is 0. The average Bonchev–Trinajstić information content (AvgIpc) is 2.20. The van der Waals surface area contributed by atoms with Gasteiger partial charge in [-0.1, -0.05) is 45.4 Å². The van der Waals surface area contributed by atoms with Gasteiger partial charge in [-0.05, 0) is 32.2 Å². The van der Waals surface area contributed by atoms with Gasteiger partial charge in [-0.2, -0.15) is 0 Å². The first-order valence-electron chi connectivity index (χ1n) is 6.56. The van der Waals surface area contributed by atoms with E-state index in [0.717, 1.165) is 12.0 Å². The minimum absolute atomic E-state index is 0.740. The molecule has 1 rings (SSSR count). The molecule has 14 heavy (non-hydrogen) atoms. The van der Waals surface area contributed by atoms with E-state index in [0.29, 0.717) is 0 Å². The zero-order chi connectivity index (χ0) is 10.2. The summed E-state index contributed by atoms with van der Waals surface area (Å²) in [7, 11) is 0. The lowest BCUT2D eigenvalue weighted by atomic mass is 9.85. The minimum atomic E-state index is 0.740. The van der Waals surface area contributed by atoms with E-state index in [9.17, 15) is 0 Å². The maximum absolute atomic E-state index is 3.63. The van der Waals surface area contributed by atoms with Gasteiger partial charge < -0.3 is 5.32 Å². The van der Waals surface area contributed by atoms with Gasteiger partial charge in [-0.15, -0.1) is 0 Å². The highest BCUT2D eigenvalue weighted by molar-refractivity contribution is 4.71. The Morgan fingerprint density at radius 3 is 2.57 bits per heavy atom. The van der Waals surface area contributed by atoms with Crippen LogP contribution in [0.5, 0.6) is 0 Å². The molecule has 1 N–H and O–H groups in total. The van der Waals surface area contributed by atoms with Crippen molar-refractivity contribution in [1.29, 1.82) is 0 Å². The lowest BCUT2D eigenvalue weighted by molar-refractivity contribution is 0.305. The molecule has 0 amide bonds. The molecule has 1 fully saturated rings. The zero-order valence-electron chi connectivity index (χ0n) is 10.0. The monoisotopic (exact) mass is 197 g/mol. The maximum Gasteiger partial charge on any atom is 0.00413 e. The highest BCUT2D eigenvalue weighted by Gasteiger charge is 2.15. The third kappa shape index (κ3) is 4.99. The van der Waals surface area contributed by atoms with Crippen molar-refractivity contribution < 1.29 is 0 Å². The number of nitrogens with one attached hydrogen (secondary N) is 1. The van der Waals surface area contributed by atoms with E-state index < -0.39 is 0 Å². The molecule has 0 aromatic carbocycles. The van der Waals surface area contributed by atoms with Gasteiger partial charge in [0.05, 0.1) is 0 Å². The highest BCUT2D eigenvalue weighted by Crippen LogP contribution is 2.27. The van der Waals surface area contributed by atoms with Crippen LogP contribution in [0.3, 0.4) is 0 Å². The summed E-state index contributed by atoms with van der Waals surface area (Å²) in [5.74, 6) is 1.02. The van der Waals surface area contributed by atoms with Crippen LogP contribution < -0.4 is 5.32 Å². The van der Waals surface area contributed by atoms with E-state index in [1.54, 1.807) is 0 Å². The lowest BCUT2D eigenvalue weighted by Gasteiger charge is -2.25. The largest absolute Gasteiger partial charge is 0.314 e. The Kier molecular flexibility index (Phi) is 6.25. The quantitative estimate of drug-likeness (QED) is 0.640. The second-order valence-electron chi connectivity index (χ2n) is 4.95. The van der Waals surface area contributed by atoms with E-state index in [2.05, 4.69) is 19.2 Å². The van der Waals surface area contributed by atoms with Crippen molar-refractivity contribution in [3.8, 4) is 0 Å². The topological polar surface area (TPSA) is 12.0 Å². The van der Waals surface area contributed by atoms with E-state index >= 15 is 0 Å². The van der Waals surface area contributed by atoms with Crippen LogP contribution in [0, 0.1) is 5.92 Å². The molecule has 1 atom stereocenters. The molecule has 1 unspecified atom stereocenters. The zero-order valence-corrected chi connectivity index (χ0v) is 10.0. The fraction of sp³-hybridized carbons (Fsp3) is 1.00. The third-order valence-corrected chi connectivity index (χ3v) is 3.43. The van der Waals surface area contributed by atoms with Crippen LogP contribution in [0.1, 0.15) is 65.2 Å². The summed E-state index contributed by atoms with van der Waals surface area (Å²) in [5.41, 5.74) is 0. The van der Waals surface area contributed by atoms with Gasteiger partial charge in [-0.3, -0.25) is 0 Å². The molecule has 0 aromatic rings. The van der Waals surface area contributed by atoms with E-state index in [1.807, 2.05) is 0 Å².